The topological polar surface area (TPSA) is 93.1 Å². The van der Waals surface area contributed by atoms with Gasteiger partial charge in [0.15, 0.2) is 5.66 Å². The summed E-state index contributed by atoms with van der Waals surface area (Å²) in [5, 5.41) is 9.57. The van der Waals surface area contributed by atoms with E-state index in [-0.39, 0.29) is 6.61 Å². The number of para-hydroxylation sites is 1. The summed E-state index contributed by atoms with van der Waals surface area (Å²) in [6, 6.07) is 18.0. The number of hydrogen-bond acceptors (Lipinski definition) is 5. The largest absolute Gasteiger partial charge is 0.481 e. The molecule has 0 saturated heterocycles. The molecule has 2 aromatic rings. The highest BCUT2D eigenvalue weighted by atomic mass is 31.1. The van der Waals surface area contributed by atoms with Crippen molar-refractivity contribution in [2.75, 3.05) is 12.0 Å². The number of carbonyl (C=O) groups excluding carboxylic acids is 1. The smallest absolute Gasteiger partial charge is 0.420 e. The highest BCUT2D eigenvalue weighted by molar-refractivity contribution is 7.47. The van der Waals surface area contributed by atoms with Crippen molar-refractivity contribution in [1.29, 1.82) is 0 Å². The molecule has 1 fully saturated rings. The average Bonchev–Trinajstić information content (AvgIpc) is 3.29. The van der Waals surface area contributed by atoms with Gasteiger partial charge < -0.3 is 14.6 Å². The van der Waals surface area contributed by atoms with Gasteiger partial charge in [0.25, 0.3) is 0 Å². The van der Waals surface area contributed by atoms with Crippen molar-refractivity contribution in [2.24, 2.45) is 5.92 Å². The number of rotatable bonds is 8. The fourth-order valence-electron chi connectivity index (χ4n) is 3.97. The molecular formula is C23H27NO6P+. The molecule has 3 rings (SSSR count). The summed E-state index contributed by atoms with van der Waals surface area (Å²) >= 11 is 0. The minimum Gasteiger partial charge on any atom is -0.481 e. The van der Waals surface area contributed by atoms with Gasteiger partial charge in [0, 0.05) is 14.0 Å². The molecule has 2 aromatic carbocycles. The summed E-state index contributed by atoms with van der Waals surface area (Å²) in [7, 11) is -0.914. The molecule has 164 valence electrons. The van der Waals surface area contributed by atoms with Gasteiger partial charge in [-0.2, -0.15) is 0 Å². The van der Waals surface area contributed by atoms with Gasteiger partial charge in [-0.1, -0.05) is 53.1 Å². The quantitative estimate of drug-likeness (QED) is 0.443. The molecule has 0 spiro atoms. The molecule has 4 unspecified atom stereocenters. The first-order chi connectivity index (χ1) is 14.9. The third kappa shape index (κ3) is 4.94. The molecule has 1 aliphatic rings. The zero-order chi connectivity index (χ0) is 22.4. The zero-order valence-electron chi connectivity index (χ0n) is 17.6. The molecule has 0 radical (unpaired) electrons. The number of benzene rings is 2. The van der Waals surface area contributed by atoms with Gasteiger partial charge >= 0.3 is 25.3 Å². The molecule has 0 aromatic heterocycles. The van der Waals surface area contributed by atoms with Crippen LogP contribution in [0.5, 0.6) is 0 Å². The Kier molecular flexibility index (Phi) is 7.42. The number of amides is 1. The predicted molar refractivity (Wildman–Crippen MR) is 117 cm³/mol. The monoisotopic (exact) mass is 444 g/mol. The van der Waals surface area contributed by atoms with Gasteiger partial charge in [-0.15, -0.1) is 0 Å². The Hall–Kier alpha value is -2.76. The molecule has 1 aliphatic carbocycles. The van der Waals surface area contributed by atoms with E-state index in [4.69, 9.17) is 9.47 Å². The van der Waals surface area contributed by atoms with Crippen LogP contribution in [0.15, 0.2) is 60.7 Å². The fourth-order valence-corrected chi connectivity index (χ4v) is 6.18. The van der Waals surface area contributed by atoms with Crippen molar-refractivity contribution in [3.8, 4) is 0 Å². The Morgan fingerprint density at radius 3 is 2.29 bits per heavy atom. The number of carbonyl (C=O) groups is 2. The number of ether oxygens (including phenoxy) is 2. The van der Waals surface area contributed by atoms with Gasteiger partial charge in [0.1, 0.15) is 12.5 Å². The van der Waals surface area contributed by atoms with E-state index < -0.39 is 36.9 Å². The standard InChI is InChI=1S/C23H26NO6P/c1-23(29-2,31(28)20-15-9-14-19(20)21(25)26)24(18-12-7-4-8-13-18)22(27)30-16-17-10-5-3-6-11-17/h3-8,10-13,19-20H,9,14-16H2,1-2H3/p+1. The van der Waals surface area contributed by atoms with Crippen molar-refractivity contribution in [1.82, 2.24) is 0 Å². The van der Waals surface area contributed by atoms with E-state index in [1.807, 2.05) is 30.3 Å². The van der Waals surface area contributed by atoms with Gasteiger partial charge in [0.2, 0.25) is 0 Å². The van der Waals surface area contributed by atoms with Crippen LogP contribution in [0.4, 0.5) is 10.5 Å². The Bertz CT molecular complexity index is 922. The van der Waals surface area contributed by atoms with Crippen molar-refractivity contribution < 1.29 is 28.7 Å². The molecule has 1 amide bonds. The summed E-state index contributed by atoms with van der Waals surface area (Å²) in [6.45, 7) is 1.60. The minimum absolute atomic E-state index is 0.0424. The van der Waals surface area contributed by atoms with E-state index in [1.165, 1.54) is 12.0 Å². The lowest BCUT2D eigenvalue weighted by atomic mass is 10.1. The van der Waals surface area contributed by atoms with Gasteiger partial charge in [-0.3, -0.25) is 4.79 Å². The van der Waals surface area contributed by atoms with E-state index in [2.05, 4.69) is 0 Å². The lowest BCUT2D eigenvalue weighted by Gasteiger charge is -2.32. The maximum Gasteiger partial charge on any atom is 0.420 e. The zero-order valence-corrected chi connectivity index (χ0v) is 18.5. The van der Waals surface area contributed by atoms with Crippen LogP contribution in [0.25, 0.3) is 0 Å². The Morgan fingerprint density at radius 1 is 1.10 bits per heavy atom. The van der Waals surface area contributed by atoms with Crippen LogP contribution in [0, 0.1) is 5.92 Å². The number of hydrogen-bond donors (Lipinski definition) is 1. The number of nitrogens with zero attached hydrogens (tertiary/aromatic N) is 1. The summed E-state index contributed by atoms with van der Waals surface area (Å²) < 4.78 is 24.9. The maximum absolute atomic E-state index is 13.7. The summed E-state index contributed by atoms with van der Waals surface area (Å²) in [5.41, 5.74) is -0.898. The van der Waals surface area contributed by atoms with Crippen molar-refractivity contribution >= 4 is 25.6 Å². The number of carboxylic acid groups (broad SMARTS) is 1. The van der Waals surface area contributed by atoms with Crippen molar-refractivity contribution in [2.45, 2.75) is 43.9 Å². The molecule has 0 aliphatic heterocycles. The highest BCUT2D eigenvalue weighted by Crippen LogP contribution is 2.54. The summed E-state index contributed by atoms with van der Waals surface area (Å²) in [6.07, 6.45) is 0.927. The molecular weight excluding hydrogens is 417 g/mol. The third-order valence-corrected chi connectivity index (χ3v) is 8.13. The van der Waals surface area contributed by atoms with E-state index in [9.17, 15) is 19.3 Å². The fraction of sp³-hybridized carbons (Fsp3) is 0.391. The molecule has 8 heteroatoms. The Morgan fingerprint density at radius 2 is 1.71 bits per heavy atom. The van der Waals surface area contributed by atoms with E-state index >= 15 is 0 Å². The number of methoxy groups -OCH3 is 1. The second-order valence-corrected chi connectivity index (χ2v) is 9.76. The first-order valence-corrected chi connectivity index (χ1v) is 11.5. The molecule has 31 heavy (non-hydrogen) atoms. The minimum atomic E-state index is -2.29. The van der Waals surface area contributed by atoms with Crippen molar-refractivity contribution in [3.63, 3.8) is 0 Å². The van der Waals surface area contributed by atoms with Crippen LogP contribution >= 0.6 is 7.80 Å². The molecule has 7 nitrogen and oxygen atoms in total. The number of aliphatic carboxylic acids is 1. The molecule has 1 N–H and O–H groups in total. The lowest BCUT2D eigenvalue weighted by Crippen LogP contribution is -2.51. The number of carboxylic acids is 1. The van der Waals surface area contributed by atoms with Crippen LogP contribution in [-0.2, 0) is 25.4 Å². The third-order valence-electron chi connectivity index (χ3n) is 5.71. The molecule has 1 saturated carbocycles. The van der Waals surface area contributed by atoms with Crippen LogP contribution in [-0.4, -0.2) is 35.4 Å². The van der Waals surface area contributed by atoms with E-state index in [0.29, 0.717) is 24.9 Å². The second-order valence-electron chi connectivity index (χ2n) is 7.62. The molecule has 4 atom stereocenters. The van der Waals surface area contributed by atoms with Crippen LogP contribution in [0.2, 0.25) is 0 Å². The second kappa shape index (κ2) is 10.0. The van der Waals surface area contributed by atoms with Crippen LogP contribution in [0.3, 0.4) is 0 Å². The van der Waals surface area contributed by atoms with Gasteiger partial charge in [0.05, 0.1) is 5.69 Å². The summed E-state index contributed by atoms with van der Waals surface area (Å²) in [5.74, 6) is -1.70. The van der Waals surface area contributed by atoms with E-state index in [1.54, 1.807) is 37.3 Å². The van der Waals surface area contributed by atoms with Crippen LogP contribution in [0.1, 0.15) is 31.7 Å². The van der Waals surface area contributed by atoms with Gasteiger partial charge in [-0.25, -0.2) is 9.69 Å². The highest BCUT2D eigenvalue weighted by Gasteiger charge is 2.61. The van der Waals surface area contributed by atoms with Crippen LogP contribution < -0.4 is 4.90 Å². The normalized spacial score (nSPS) is 20.5. The first-order valence-electron chi connectivity index (χ1n) is 10.2. The van der Waals surface area contributed by atoms with Gasteiger partial charge in [-0.05, 0) is 37.0 Å². The average molecular weight is 444 g/mol. The first kappa shape index (κ1) is 22.9. The Balaban J connectivity index is 1.93. The van der Waals surface area contributed by atoms with Crippen molar-refractivity contribution in [3.05, 3.63) is 66.2 Å². The maximum atomic E-state index is 13.7. The lowest BCUT2D eigenvalue weighted by molar-refractivity contribution is -0.141. The molecule has 0 bridgehead atoms. The summed E-state index contributed by atoms with van der Waals surface area (Å²) in [4.78, 5) is 26.2. The SMILES string of the molecule is COC(C)(N(C(=O)OCc1ccccc1)c1ccccc1)[P+](=O)C1CCCC1C(=O)O. The van der Waals surface area contributed by atoms with E-state index in [0.717, 1.165) is 5.56 Å². The Labute approximate surface area is 182 Å². The number of anilines is 1. The molecule has 0 heterocycles. The predicted octanol–water partition coefficient (Wildman–Crippen LogP) is 5.23.